The Balaban J connectivity index is 2.60. The van der Waals surface area contributed by atoms with Crippen molar-refractivity contribution in [3.8, 4) is 0 Å². The monoisotopic (exact) mass is 181 g/mol. The Morgan fingerprint density at radius 2 is 2.15 bits per heavy atom. The first kappa shape index (κ1) is 10.3. The largest absolute Gasteiger partial charge is 0.472 e. The Morgan fingerprint density at radius 1 is 1.46 bits per heavy atom. The third-order valence-corrected chi connectivity index (χ3v) is 2.57. The van der Waals surface area contributed by atoms with Gasteiger partial charge in [-0.25, -0.2) is 0 Å². The molecule has 0 aliphatic heterocycles. The SMILES string of the molecule is CC(C)(C)C(CN)Cc1ccoc1. The summed E-state index contributed by atoms with van der Waals surface area (Å²) in [6, 6.07) is 2.01. The van der Waals surface area contributed by atoms with Gasteiger partial charge in [0.15, 0.2) is 0 Å². The fourth-order valence-electron chi connectivity index (χ4n) is 1.44. The van der Waals surface area contributed by atoms with Crippen LogP contribution in [0.3, 0.4) is 0 Å². The summed E-state index contributed by atoms with van der Waals surface area (Å²) in [7, 11) is 0. The molecule has 1 heterocycles. The van der Waals surface area contributed by atoms with Gasteiger partial charge < -0.3 is 10.2 Å². The maximum absolute atomic E-state index is 5.74. The molecular formula is C11H19NO. The van der Waals surface area contributed by atoms with Crippen LogP contribution in [0.1, 0.15) is 26.3 Å². The van der Waals surface area contributed by atoms with Crippen LogP contribution in [0.2, 0.25) is 0 Å². The molecule has 0 aromatic carbocycles. The highest BCUT2D eigenvalue weighted by atomic mass is 16.3. The maximum Gasteiger partial charge on any atom is 0.0934 e. The molecule has 1 atom stereocenters. The van der Waals surface area contributed by atoms with Gasteiger partial charge >= 0.3 is 0 Å². The van der Waals surface area contributed by atoms with E-state index < -0.39 is 0 Å². The zero-order chi connectivity index (χ0) is 9.90. The summed E-state index contributed by atoms with van der Waals surface area (Å²) in [4.78, 5) is 0. The van der Waals surface area contributed by atoms with E-state index in [1.807, 2.05) is 6.07 Å². The van der Waals surface area contributed by atoms with Gasteiger partial charge in [0.05, 0.1) is 12.5 Å². The molecule has 1 aromatic rings. The minimum absolute atomic E-state index is 0.270. The van der Waals surface area contributed by atoms with E-state index in [2.05, 4.69) is 20.8 Å². The van der Waals surface area contributed by atoms with Crippen LogP contribution in [-0.2, 0) is 6.42 Å². The maximum atomic E-state index is 5.74. The Hall–Kier alpha value is -0.760. The predicted octanol–water partition coefficient (Wildman–Crippen LogP) is 2.44. The van der Waals surface area contributed by atoms with E-state index in [4.69, 9.17) is 10.2 Å². The second-order valence-corrected chi connectivity index (χ2v) is 4.63. The zero-order valence-corrected chi connectivity index (χ0v) is 8.71. The number of nitrogens with two attached hydrogens (primary N) is 1. The third-order valence-electron chi connectivity index (χ3n) is 2.57. The van der Waals surface area contributed by atoms with Crippen molar-refractivity contribution < 1.29 is 4.42 Å². The molecule has 0 aliphatic rings. The summed E-state index contributed by atoms with van der Waals surface area (Å²) < 4.78 is 5.03. The standard InChI is InChI=1S/C11H19NO/c1-11(2,3)10(7-12)6-9-4-5-13-8-9/h4-5,8,10H,6-7,12H2,1-3H3. The number of hydrogen-bond donors (Lipinski definition) is 1. The molecule has 0 bridgehead atoms. The Morgan fingerprint density at radius 3 is 2.54 bits per heavy atom. The van der Waals surface area contributed by atoms with Gasteiger partial charge in [0.2, 0.25) is 0 Å². The summed E-state index contributed by atoms with van der Waals surface area (Å²) in [5.41, 5.74) is 7.26. The van der Waals surface area contributed by atoms with E-state index in [0.29, 0.717) is 5.92 Å². The molecule has 0 aliphatic carbocycles. The number of rotatable bonds is 3. The van der Waals surface area contributed by atoms with Crippen molar-refractivity contribution >= 4 is 0 Å². The first-order valence-corrected chi connectivity index (χ1v) is 4.75. The van der Waals surface area contributed by atoms with E-state index in [1.165, 1.54) is 5.56 Å². The molecule has 0 saturated heterocycles. The number of furan rings is 1. The summed E-state index contributed by atoms with van der Waals surface area (Å²) >= 11 is 0. The summed E-state index contributed by atoms with van der Waals surface area (Å²) in [5.74, 6) is 0.519. The van der Waals surface area contributed by atoms with Gasteiger partial charge in [-0.1, -0.05) is 20.8 Å². The highest BCUT2D eigenvalue weighted by Gasteiger charge is 2.23. The molecule has 2 heteroatoms. The van der Waals surface area contributed by atoms with Crippen LogP contribution in [0.5, 0.6) is 0 Å². The van der Waals surface area contributed by atoms with Crippen LogP contribution in [0.25, 0.3) is 0 Å². The first-order valence-electron chi connectivity index (χ1n) is 4.75. The van der Waals surface area contributed by atoms with E-state index in [-0.39, 0.29) is 5.41 Å². The lowest BCUT2D eigenvalue weighted by Gasteiger charge is -2.29. The Kier molecular flexibility index (Phi) is 3.15. The van der Waals surface area contributed by atoms with E-state index >= 15 is 0 Å². The van der Waals surface area contributed by atoms with Gasteiger partial charge in [-0.2, -0.15) is 0 Å². The van der Waals surface area contributed by atoms with Crippen molar-refractivity contribution in [2.24, 2.45) is 17.1 Å². The topological polar surface area (TPSA) is 39.2 Å². The molecular weight excluding hydrogens is 162 g/mol. The highest BCUT2D eigenvalue weighted by molar-refractivity contribution is 5.07. The van der Waals surface area contributed by atoms with Crippen molar-refractivity contribution in [3.05, 3.63) is 24.2 Å². The van der Waals surface area contributed by atoms with Crippen molar-refractivity contribution in [2.45, 2.75) is 27.2 Å². The molecule has 74 valence electrons. The molecule has 0 saturated carbocycles. The second-order valence-electron chi connectivity index (χ2n) is 4.63. The molecule has 2 N–H and O–H groups in total. The van der Waals surface area contributed by atoms with Crippen LogP contribution in [-0.4, -0.2) is 6.54 Å². The molecule has 1 unspecified atom stereocenters. The lowest BCUT2D eigenvalue weighted by atomic mass is 9.78. The normalized spacial score (nSPS) is 14.5. The van der Waals surface area contributed by atoms with Crippen molar-refractivity contribution in [1.82, 2.24) is 0 Å². The van der Waals surface area contributed by atoms with Crippen LogP contribution in [0.4, 0.5) is 0 Å². The number of hydrogen-bond acceptors (Lipinski definition) is 2. The average molecular weight is 181 g/mol. The predicted molar refractivity (Wildman–Crippen MR) is 54.4 cm³/mol. The molecule has 1 aromatic heterocycles. The third kappa shape index (κ3) is 2.88. The molecule has 2 nitrogen and oxygen atoms in total. The fourth-order valence-corrected chi connectivity index (χ4v) is 1.44. The lowest BCUT2D eigenvalue weighted by Crippen LogP contribution is -2.29. The van der Waals surface area contributed by atoms with Crippen molar-refractivity contribution in [2.75, 3.05) is 6.54 Å². The van der Waals surface area contributed by atoms with E-state index in [1.54, 1.807) is 12.5 Å². The van der Waals surface area contributed by atoms with E-state index in [0.717, 1.165) is 13.0 Å². The van der Waals surface area contributed by atoms with Gasteiger partial charge in [0.1, 0.15) is 0 Å². The second kappa shape index (κ2) is 3.97. The molecule has 0 spiro atoms. The Bertz CT molecular complexity index is 233. The molecule has 0 fully saturated rings. The smallest absolute Gasteiger partial charge is 0.0934 e. The average Bonchev–Trinajstić information content (AvgIpc) is 2.49. The summed E-state index contributed by atoms with van der Waals surface area (Å²) in [6.07, 6.45) is 4.52. The van der Waals surface area contributed by atoms with Gasteiger partial charge in [-0.05, 0) is 35.9 Å². The molecule has 0 radical (unpaired) electrons. The summed E-state index contributed by atoms with van der Waals surface area (Å²) in [5, 5.41) is 0. The molecule has 1 rings (SSSR count). The van der Waals surface area contributed by atoms with Crippen LogP contribution >= 0.6 is 0 Å². The first-order chi connectivity index (χ1) is 6.04. The van der Waals surface area contributed by atoms with Crippen molar-refractivity contribution in [3.63, 3.8) is 0 Å². The van der Waals surface area contributed by atoms with Gasteiger partial charge in [0.25, 0.3) is 0 Å². The molecule has 13 heavy (non-hydrogen) atoms. The lowest BCUT2D eigenvalue weighted by molar-refractivity contribution is 0.245. The van der Waals surface area contributed by atoms with Gasteiger partial charge in [-0.15, -0.1) is 0 Å². The van der Waals surface area contributed by atoms with Crippen LogP contribution in [0.15, 0.2) is 23.0 Å². The minimum atomic E-state index is 0.270. The van der Waals surface area contributed by atoms with E-state index in [9.17, 15) is 0 Å². The zero-order valence-electron chi connectivity index (χ0n) is 8.71. The molecule has 0 amide bonds. The fraction of sp³-hybridized carbons (Fsp3) is 0.636. The highest BCUT2D eigenvalue weighted by Crippen LogP contribution is 2.28. The van der Waals surface area contributed by atoms with Crippen molar-refractivity contribution in [1.29, 1.82) is 0 Å². The van der Waals surface area contributed by atoms with Crippen LogP contribution < -0.4 is 5.73 Å². The van der Waals surface area contributed by atoms with Gasteiger partial charge in [-0.3, -0.25) is 0 Å². The summed E-state index contributed by atoms with van der Waals surface area (Å²) in [6.45, 7) is 7.41. The quantitative estimate of drug-likeness (QED) is 0.778. The van der Waals surface area contributed by atoms with Gasteiger partial charge in [0, 0.05) is 0 Å². The van der Waals surface area contributed by atoms with Crippen LogP contribution in [0, 0.1) is 11.3 Å². The Labute approximate surface area is 80.1 Å². The minimum Gasteiger partial charge on any atom is -0.472 e.